The molecule has 0 radical (unpaired) electrons. The molecule has 0 aliphatic heterocycles. The van der Waals surface area contributed by atoms with Crippen LogP contribution in [0.3, 0.4) is 0 Å². The monoisotopic (exact) mass is 584 g/mol. The van der Waals surface area contributed by atoms with Crippen LogP contribution < -0.4 is 21.3 Å². The van der Waals surface area contributed by atoms with Crippen LogP contribution in [0.4, 0.5) is 4.79 Å². The van der Waals surface area contributed by atoms with Gasteiger partial charge in [0.15, 0.2) is 0 Å². The third kappa shape index (κ3) is 12.5. The number of carbonyl (C=O) groups excluding carboxylic acids is 4. The van der Waals surface area contributed by atoms with Crippen molar-refractivity contribution in [1.82, 2.24) is 21.3 Å². The number of alkyl carbamates (subject to hydrolysis) is 1. The highest BCUT2D eigenvalue weighted by Crippen LogP contribution is 2.16. The van der Waals surface area contributed by atoms with E-state index in [1.165, 1.54) is 6.92 Å². The molecule has 2 aromatic rings. The maximum Gasteiger partial charge on any atom is 0.475 e. The standard InChI is InChI=1S/C30H45BN4O7/c1-19(2)16-25(31(40)41)35-26(36)13-9-12-24(34-27(37)20(3)33-29(39)42-30(4,5)6)28(38)32-18-21-14-15-22-10-7-8-11-23(22)17-21/h7-8,10-11,14-15,17,19-20,24-25,40-41H,9,12-13,16,18H2,1-6H3,(H,32,38)(H,33,39)(H,34,37)(H,35,36)/t20-,24-,25-/m0/s1. The predicted molar refractivity (Wildman–Crippen MR) is 162 cm³/mol. The third-order valence-electron chi connectivity index (χ3n) is 6.37. The fourth-order valence-electron chi connectivity index (χ4n) is 4.29. The molecule has 0 aliphatic carbocycles. The molecule has 4 amide bonds. The predicted octanol–water partition coefficient (Wildman–Crippen LogP) is 2.57. The van der Waals surface area contributed by atoms with E-state index in [1.807, 2.05) is 56.3 Å². The number of rotatable bonds is 14. The molecule has 0 fully saturated rings. The Bertz CT molecular complexity index is 1220. The highest BCUT2D eigenvalue weighted by molar-refractivity contribution is 6.43. The van der Waals surface area contributed by atoms with Crippen molar-refractivity contribution < 1.29 is 34.0 Å². The smallest absolute Gasteiger partial charge is 0.444 e. The van der Waals surface area contributed by atoms with Crippen LogP contribution in [0.2, 0.25) is 0 Å². The molecule has 2 aromatic carbocycles. The molecule has 230 valence electrons. The van der Waals surface area contributed by atoms with Gasteiger partial charge in [0.05, 0.1) is 5.94 Å². The number of benzene rings is 2. The minimum absolute atomic E-state index is 0.0113. The quantitative estimate of drug-likeness (QED) is 0.186. The fraction of sp³-hybridized carbons (Fsp3) is 0.533. The lowest BCUT2D eigenvalue weighted by Gasteiger charge is -2.24. The highest BCUT2D eigenvalue weighted by Gasteiger charge is 2.28. The average Bonchev–Trinajstić information content (AvgIpc) is 2.89. The van der Waals surface area contributed by atoms with Crippen molar-refractivity contribution in [3.05, 3.63) is 48.0 Å². The van der Waals surface area contributed by atoms with E-state index in [-0.39, 0.29) is 31.7 Å². The minimum atomic E-state index is -1.69. The van der Waals surface area contributed by atoms with Crippen molar-refractivity contribution >= 4 is 41.7 Å². The summed E-state index contributed by atoms with van der Waals surface area (Å²) in [5.41, 5.74) is 0.136. The molecule has 0 bridgehead atoms. The van der Waals surface area contributed by atoms with Crippen molar-refractivity contribution in [3.63, 3.8) is 0 Å². The summed E-state index contributed by atoms with van der Waals surface area (Å²) in [5, 5.41) is 31.9. The SMILES string of the molecule is CC(C)C[C@H](NC(=O)CCC[C@H](NC(=O)[C@H](C)NC(=O)OC(C)(C)C)C(=O)NCc1ccc2ccccc2c1)B(O)O. The highest BCUT2D eigenvalue weighted by atomic mass is 16.6. The number of nitrogens with one attached hydrogen (secondary N) is 4. The Kier molecular flexibility index (Phi) is 13.3. The van der Waals surface area contributed by atoms with Crippen LogP contribution in [0.15, 0.2) is 42.5 Å². The van der Waals surface area contributed by atoms with Crippen LogP contribution in [0, 0.1) is 5.92 Å². The third-order valence-corrected chi connectivity index (χ3v) is 6.37. The summed E-state index contributed by atoms with van der Waals surface area (Å²) in [7, 11) is -1.69. The van der Waals surface area contributed by atoms with Crippen LogP contribution >= 0.6 is 0 Å². The summed E-state index contributed by atoms with van der Waals surface area (Å²) in [4.78, 5) is 50.7. The van der Waals surface area contributed by atoms with Gasteiger partial charge in [0, 0.05) is 13.0 Å². The van der Waals surface area contributed by atoms with Gasteiger partial charge in [-0.3, -0.25) is 14.4 Å². The van der Waals surface area contributed by atoms with Crippen LogP contribution in [0.5, 0.6) is 0 Å². The molecule has 0 saturated heterocycles. The summed E-state index contributed by atoms with van der Waals surface area (Å²) in [6.45, 7) is 10.6. The molecule has 0 unspecified atom stereocenters. The minimum Gasteiger partial charge on any atom is -0.444 e. The maximum absolute atomic E-state index is 13.2. The zero-order valence-corrected chi connectivity index (χ0v) is 25.4. The lowest BCUT2D eigenvalue weighted by molar-refractivity contribution is -0.130. The molecule has 42 heavy (non-hydrogen) atoms. The first kappa shape index (κ1) is 34.6. The first-order valence-corrected chi connectivity index (χ1v) is 14.4. The topological polar surface area (TPSA) is 166 Å². The van der Waals surface area contributed by atoms with E-state index in [2.05, 4.69) is 21.3 Å². The Morgan fingerprint density at radius 3 is 2.19 bits per heavy atom. The van der Waals surface area contributed by atoms with E-state index in [0.717, 1.165) is 16.3 Å². The van der Waals surface area contributed by atoms with Gasteiger partial charge in [-0.1, -0.05) is 50.2 Å². The Morgan fingerprint density at radius 1 is 0.905 bits per heavy atom. The molecule has 3 atom stereocenters. The van der Waals surface area contributed by atoms with Gasteiger partial charge in [0.25, 0.3) is 0 Å². The fourth-order valence-corrected chi connectivity index (χ4v) is 4.29. The summed E-state index contributed by atoms with van der Waals surface area (Å²) in [6, 6.07) is 11.8. The number of fused-ring (bicyclic) bond motifs is 1. The molecule has 0 spiro atoms. The summed E-state index contributed by atoms with van der Waals surface area (Å²) in [5.74, 6) is -2.09. The van der Waals surface area contributed by atoms with E-state index in [0.29, 0.717) is 6.42 Å². The molecular formula is C30H45BN4O7. The van der Waals surface area contributed by atoms with E-state index < -0.39 is 54.6 Å². The largest absolute Gasteiger partial charge is 0.475 e. The summed E-state index contributed by atoms with van der Waals surface area (Å²) >= 11 is 0. The Labute approximate surface area is 248 Å². The Hall–Kier alpha value is -3.64. The van der Waals surface area contributed by atoms with Crippen LogP contribution in [-0.2, 0) is 25.7 Å². The summed E-state index contributed by atoms with van der Waals surface area (Å²) in [6.07, 6.45) is 0.0165. The zero-order valence-electron chi connectivity index (χ0n) is 25.4. The van der Waals surface area contributed by atoms with E-state index >= 15 is 0 Å². The van der Waals surface area contributed by atoms with Crippen LogP contribution in [0.25, 0.3) is 10.8 Å². The van der Waals surface area contributed by atoms with Crippen molar-refractivity contribution in [2.75, 3.05) is 0 Å². The zero-order chi connectivity index (χ0) is 31.4. The Morgan fingerprint density at radius 2 is 1.57 bits per heavy atom. The number of ether oxygens (including phenoxy) is 1. The molecule has 11 nitrogen and oxygen atoms in total. The number of carbonyl (C=O) groups is 4. The van der Waals surface area contributed by atoms with Crippen LogP contribution in [0.1, 0.15) is 72.8 Å². The lowest BCUT2D eigenvalue weighted by Crippen LogP contribution is -2.53. The molecule has 0 aromatic heterocycles. The molecular weight excluding hydrogens is 539 g/mol. The first-order chi connectivity index (χ1) is 19.6. The number of hydrogen-bond acceptors (Lipinski definition) is 7. The van der Waals surface area contributed by atoms with Gasteiger partial charge in [0.1, 0.15) is 17.7 Å². The second kappa shape index (κ2) is 16.1. The Balaban J connectivity index is 2.04. The van der Waals surface area contributed by atoms with Crippen molar-refractivity contribution in [1.29, 1.82) is 0 Å². The molecule has 12 heteroatoms. The second-order valence-electron chi connectivity index (χ2n) is 11.9. The van der Waals surface area contributed by atoms with E-state index in [1.54, 1.807) is 20.8 Å². The second-order valence-corrected chi connectivity index (χ2v) is 11.9. The van der Waals surface area contributed by atoms with Gasteiger partial charge < -0.3 is 36.1 Å². The molecule has 0 heterocycles. The van der Waals surface area contributed by atoms with Gasteiger partial charge in [-0.05, 0) is 75.3 Å². The van der Waals surface area contributed by atoms with Gasteiger partial charge in [-0.15, -0.1) is 0 Å². The molecule has 0 saturated carbocycles. The lowest BCUT2D eigenvalue weighted by atomic mass is 9.75. The summed E-state index contributed by atoms with van der Waals surface area (Å²) < 4.78 is 5.20. The van der Waals surface area contributed by atoms with Gasteiger partial charge in [-0.25, -0.2) is 4.79 Å². The number of hydrogen-bond donors (Lipinski definition) is 6. The van der Waals surface area contributed by atoms with Crippen molar-refractivity contribution in [2.45, 2.75) is 97.4 Å². The molecule has 0 aliphatic rings. The number of amides is 4. The van der Waals surface area contributed by atoms with Gasteiger partial charge in [-0.2, -0.15) is 0 Å². The van der Waals surface area contributed by atoms with Gasteiger partial charge >= 0.3 is 13.2 Å². The van der Waals surface area contributed by atoms with Gasteiger partial charge in [0.2, 0.25) is 17.7 Å². The normalized spacial score (nSPS) is 13.5. The average molecular weight is 585 g/mol. The van der Waals surface area contributed by atoms with Crippen molar-refractivity contribution in [2.24, 2.45) is 5.92 Å². The van der Waals surface area contributed by atoms with Crippen LogP contribution in [-0.4, -0.2) is 64.6 Å². The van der Waals surface area contributed by atoms with E-state index in [9.17, 15) is 29.2 Å². The molecule has 2 rings (SSSR count). The first-order valence-electron chi connectivity index (χ1n) is 14.4. The van der Waals surface area contributed by atoms with Crippen molar-refractivity contribution in [3.8, 4) is 0 Å². The molecule has 6 N–H and O–H groups in total. The van der Waals surface area contributed by atoms with E-state index in [4.69, 9.17) is 4.74 Å². The maximum atomic E-state index is 13.2.